The Morgan fingerprint density at radius 2 is 2.05 bits per heavy atom. The molecule has 0 amide bonds. The van der Waals surface area contributed by atoms with Gasteiger partial charge in [-0.1, -0.05) is 20.8 Å². The Morgan fingerprint density at radius 3 is 2.63 bits per heavy atom. The van der Waals surface area contributed by atoms with E-state index in [1.807, 2.05) is 12.4 Å². The predicted octanol–water partition coefficient (Wildman–Crippen LogP) is 3.60. The van der Waals surface area contributed by atoms with Gasteiger partial charge >= 0.3 is 0 Å². The smallest absolute Gasteiger partial charge is 0.111 e. The molecule has 0 spiro atoms. The number of aryl methyl sites for hydroxylation is 2. The molecule has 0 aliphatic rings. The van der Waals surface area contributed by atoms with E-state index in [9.17, 15) is 0 Å². The van der Waals surface area contributed by atoms with E-state index < -0.39 is 0 Å². The summed E-state index contributed by atoms with van der Waals surface area (Å²) in [5.74, 6) is 1.55. The first-order valence-electron chi connectivity index (χ1n) is 6.83. The van der Waals surface area contributed by atoms with Crippen molar-refractivity contribution < 1.29 is 0 Å². The van der Waals surface area contributed by atoms with Gasteiger partial charge in [0.05, 0.1) is 22.4 Å². The van der Waals surface area contributed by atoms with Gasteiger partial charge in [-0.3, -0.25) is 4.68 Å². The van der Waals surface area contributed by atoms with E-state index in [2.05, 4.69) is 63.0 Å². The molecule has 0 radical (unpaired) electrons. The Bertz CT molecular complexity index is 554. The van der Waals surface area contributed by atoms with Crippen molar-refractivity contribution >= 4 is 15.9 Å². The molecule has 0 aliphatic heterocycles. The average molecular weight is 325 g/mol. The molecule has 2 heterocycles. The zero-order valence-electron chi connectivity index (χ0n) is 12.0. The second-order valence-corrected chi connectivity index (χ2v) is 5.74. The van der Waals surface area contributed by atoms with Gasteiger partial charge < -0.3 is 4.57 Å². The van der Waals surface area contributed by atoms with Gasteiger partial charge in [-0.05, 0) is 29.3 Å². The minimum absolute atomic E-state index is 0.428. The Hall–Kier alpha value is -1.10. The highest BCUT2D eigenvalue weighted by atomic mass is 79.9. The fraction of sp³-hybridized carbons (Fsp3) is 0.571. The highest BCUT2D eigenvalue weighted by Crippen LogP contribution is 2.24. The van der Waals surface area contributed by atoms with Crippen molar-refractivity contribution in [2.75, 3.05) is 0 Å². The van der Waals surface area contributed by atoms with Crippen LogP contribution in [0.4, 0.5) is 0 Å². The number of nitrogens with zero attached hydrogens (tertiary/aromatic N) is 4. The largest absolute Gasteiger partial charge is 0.329 e. The topological polar surface area (TPSA) is 35.6 Å². The molecule has 0 bridgehead atoms. The monoisotopic (exact) mass is 324 g/mol. The van der Waals surface area contributed by atoms with Crippen LogP contribution in [-0.4, -0.2) is 19.3 Å². The van der Waals surface area contributed by atoms with E-state index >= 15 is 0 Å². The van der Waals surface area contributed by atoms with Gasteiger partial charge in [-0.15, -0.1) is 0 Å². The Morgan fingerprint density at radius 1 is 1.32 bits per heavy atom. The lowest BCUT2D eigenvalue weighted by Crippen LogP contribution is -2.11. The van der Waals surface area contributed by atoms with Crippen LogP contribution < -0.4 is 0 Å². The number of imidazole rings is 1. The second kappa shape index (κ2) is 5.90. The van der Waals surface area contributed by atoms with Crippen molar-refractivity contribution in [2.24, 2.45) is 0 Å². The normalized spacial score (nSPS) is 11.5. The molecule has 2 aromatic heterocycles. The number of halogens is 1. The van der Waals surface area contributed by atoms with Gasteiger partial charge in [0.2, 0.25) is 0 Å². The van der Waals surface area contributed by atoms with Gasteiger partial charge in [0.15, 0.2) is 0 Å². The van der Waals surface area contributed by atoms with E-state index in [0.29, 0.717) is 5.92 Å². The molecule has 19 heavy (non-hydrogen) atoms. The molecular weight excluding hydrogens is 304 g/mol. The fourth-order valence-electron chi connectivity index (χ4n) is 2.28. The van der Waals surface area contributed by atoms with E-state index in [-0.39, 0.29) is 0 Å². The number of rotatable bonds is 5. The Balaban J connectivity index is 2.37. The van der Waals surface area contributed by atoms with Crippen molar-refractivity contribution in [2.45, 2.75) is 53.1 Å². The van der Waals surface area contributed by atoms with E-state index in [1.165, 1.54) is 5.69 Å². The molecule has 2 aromatic rings. The Labute approximate surface area is 123 Å². The number of hydrogen-bond acceptors (Lipinski definition) is 2. The summed E-state index contributed by atoms with van der Waals surface area (Å²) < 4.78 is 5.42. The van der Waals surface area contributed by atoms with Crippen LogP contribution >= 0.6 is 15.9 Å². The van der Waals surface area contributed by atoms with E-state index in [1.54, 1.807) is 0 Å². The zero-order chi connectivity index (χ0) is 14.0. The van der Waals surface area contributed by atoms with Gasteiger partial charge in [0.25, 0.3) is 0 Å². The molecule has 0 saturated heterocycles. The standard InChI is InChI=1S/C14H21BrN4/c1-5-11-13(15)12(19(6-2)17-11)9-18-8-7-16-14(18)10(3)4/h7-8,10H,5-6,9H2,1-4H3. The van der Waals surface area contributed by atoms with Gasteiger partial charge in [0.1, 0.15) is 5.82 Å². The van der Waals surface area contributed by atoms with Crippen LogP contribution in [0, 0.1) is 0 Å². The van der Waals surface area contributed by atoms with Crippen molar-refractivity contribution in [3.63, 3.8) is 0 Å². The summed E-state index contributed by atoms with van der Waals surface area (Å²) in [6.07, 6.45) is 4.86. The molecule has 0 atom stereocenters. The lowest BCUT2D eigenvalue weighted by Gasteiger charge is -2.11. The summed E-state index contributed by atoms with van der Waals surface area (Å²) in [5.41, 5.74) is 2.35. The van der Waals surface area contributed by atoms with Gasteiger partial charge in [-0.25, -0.2) is 4.98 Å². The third kappa shape index (κ3) is 2.76. The first kappa shape index (κ1) is 14.3. The zero-order valence-corrected chi connectivity index (χ0v) is 13.6. The maximum Gasteiger partial charge on any atom is 0.111 e. The summed E-state index contributed by atoms with van der Waals surface area (Å²) in [7, 11) is 0. The second-order valence-electron chi connectivity index (χ2n) is 4.94. The summed E-state index contributed by atoms with van der Waals surface area (Å²) in [6, 6.07) is 0. The third-order valence-corrected chi connectivity index (χ3v) is 4.19. The summed E-state index contributed by atoms with van der Waals surface area (Å²) in [6.45, 7) is 10.3. The van der Waals surface area contributed by atoms with E-state index in [4.69, 9.17) is 0 Å². The van der Waals surface area contributed by atoms with Crippen LogP contribution in [0.3, 0.4) is 0 Å². The molecule has 0 N–H and O–H groups in total. The predicted molar refractivity (Wildman–Crippen MR) is 80.4 cm³/mol. The molecule has 0 aromatic carbocycles. The summed E-state index contributed by atoms with van der Waals surface area (Å²) in [5, 5.41) is 4.64. The van der Waals surface area contributed by atoms with Crippen LogP contribution in [0.25, 0.3) is 0 Å². The third-order valence-electron chi connectivity index (χ3n) is 3.28. The SMILES string of the molecule is CCc1nn(CC)c(Cn2ccnc2C(C)C)c1Br. The number of aromatic nitrogens is 4. The Kier molecular flexibility index (Phi) is 4.45. The molecule has 5 heteroatoms. The molecule has 0 fully saturated rings. The van der Waals surface area contributed by atoms with E-state index in [0.717, 1.165) is 35.5 Å². The molecule has 0 saturated carbocycles. The quantitative estimate of drug-likeness (QED) is 0.842. The van der Waals surface area contributed by atoms with Crippen LogP contribution in [0.1, 0.15) is 50.8 Å². The van der Waals surface area contributed by atoms with Crippen LogP contribution in [0.2, 0.25) is 0 Å². The minimum atomic E-state index is 0.428. The highest BCUT2D eigenvalue weighted by molar-refractivity contribution is 9.10. The fourth-order valence-corrected chi connectivity index (χ4v) is 2.97. The molecule has 104 valence electrons. The maximum atomic E-state index is 4.64. The minimum Gasteiger partial charge on any atom is -0.329 e. The summed E-state index contributed by atoms with van der Waals surface area (Å²) >= 11 is 3.69. The lowest BCUT2D eigenvalue weighted by atomic mass is 10.2. The molecule has 0 unspecified atom stereocenters. The highest BCUT2D eigenvalue weighted by Gasteiger charge is 2.16. The van der Waals surface area contributed by atoms with Gasteiger partial charge in [0, 0.05) is 24.9 Å². The lowest BCUT2D eigenvalue weighted by molar-refractivity contribution is 0.578. The molecule has 2 rings (SSSR count). The van der Waals surface area contributed by atoms with Crippen molar-refractivity contribution in [3.8, 4) is 0 Å². The van der Waals surface area contributed by atoms with Crippen LogP contribution in [-0.2, 0) is 19.5 Å². The van der Waals surface area contributed by atoms with Crippen molar-refractivity contribution in [1.82, 2.24) is 19.3 Å². The maximum absolute atomic E-state index is 4.64. The number of hydrogen-bond donors (Lipinski definition) is 0. The molecular formula is C14H21BrN4. The van der Waals surface area contributed by atoms with Crippen molar-refractivity contribution in [1.29, 1.82) is 0 Å². The van der Waals surface area contributed by atoms with Crippen LogP contribution in [0.5, 0.6) is 0 Å². The molecule has 0 aliphatic carbocycles. The first-order chi connectivity index (χ1) is 9.08. The van der Waals surface area contributed by atoms with Crippen molar-refractivity contribution in [3.05, 3.63) is 34.1 Å². The average Bonchev–Trinajstić information content (AvgIpc) is 2.96. The first-order valence-corrected chi connectivity index (χ1v) is 7.62. The van der Waals surface area contributed by atoms with Crippen LogP contribution in [0.15, 0.2) is 16.9 Å². The molecule has 4 nitrogen and oxygen atoms in total. The summed E-state index contributed by atoms with van der Waals surface area (Å²) in [4.78, 5) is 4.44. The van der Waals surface area contributed by atoms with Gasteiger partial charge in [-0.2, -0.15) is 5.10 Å².